The Bertz CT molecular complexity index is 434. The Labute approximate surface area is 113 Å². The van der Waals surface area contributed by atoms with Crippen molar-refractivity contribution in [2.45, 2.75) is 13.5 Å². The molecule has 5 heteroatoms. The molecule has 0 aromatic heterocycles. The van der Waals surface area contributed by atoms with Gasteiger partial charge in [-0.1, -0.05) is 0 Å². The van der Waals surface area contributed by atoms with Gasteiger partial charge < -0.3 is 14.4 Å². The van der Waals surface area contributed by atoms with Crippen LogP contribution >= 0.6 is 12.6 Å². The minimum atomic E-state index is -0.0278. The van der Waals surface area contributed by atoms with E-state index < -0.39 is 0 Å². The normalized spacial score (nSPS) is 10.1. The fourth-order valence-corrected chi connectivity index (χ4v) is 1.94. The predicted molar refractivity (Wildman–Crippen MR) is 74.6 cm³/mol. The molecule has 0 fully saturated rings. The van der Waals surface area contributed by atoms with Gasteiger partial charge in [-0.25, -0.2) is 0 Å². The van der Waals surface area contributed by atoms with Gasteiger partial charge in [0.2, 0.25) is 5.91 Å². The standard InChI is InChI=1S/C13H19NO3S/c1-9-5-12(17-4)10(6-11(9)16-3)7-14(2)13(15)8-18/h5-6,18H,7-8H2,1-4H3. The molecule has 1 aromatic rings. The molecule has 0 heterocycles. The Balaban J connectivity index is 3.03. The predicted octanol–water partition coefficient (Wildman–Crippen LogP) is 1.90. The fraction of sp³-hybridized carbons (Fsp3) is 0.462. The van der Waals surface area contributed by atoms with E-state index >= 15 is 0 Å². The number of carbonyl (C=O) groups is 1. The Morgan fingerprint density at radius 2 is 1.89 bits per heavy atom. The maximum absolute atomic E-state index is 11.5. The lowest BCUT2D eigenvalue weighted by molar-refractivity contribution is -0.127. The number of nitrogens with zero attached hydrogens (tertiary/aromatic N) is 1. The summed E-state index contributed by atoms with van der Waals surface area (Å²) in [4.78, 5) is 13.1. The smallest absolute Gasteiger partial charge is 0.232 e. The quantitative estimate of drug-likeness (QED) is 0.830. The van der Waals surface area contributed by atoms with E-state index in [-0.39, 0.29) is 11.7 Å². The van der Waals surface area contributed by atoms with Gasteiger partial charge in [0.15, 0.2) is 0 Å². The van der Waals surface area contributed by atoms with E-state index in [1.165, 1.54) is 0 Å². The highest BCUT2D eigenvalue weighted by atomic mass is 32.1. The SMILES string of the molecule is COc1cc(CN(C)C(=O)CS)c(OC)cc1C. The van der Waals surface area contributed by atoms with Crippen molar-refractivity contribution in [1.29, 1.82) is 0 Å². The Morgan fingerprint density at radius 1 is 1.28 bits per heavy atom. The number of aryl methyl sites for hydroxylation is 1. The highest BCUT2D eigenvalue weighted by Gasteiger charge is 2.13. The molecule has 1 amide bonds. The molecule has 0 aliphatic rings. The van der Waals surface area contributed by atoms with Crippen molar-refractivity contribution in [3.63, 3.8) is 0 Å². The minimum Gasteiger partial charge on any atom is -0.496 e. The zero-order valence-corrected chi connectivity index (χ0v) is 12.1. The van der Waals surface area contributed by atoms with E-state index in [0.717, 1.165) is 22.6 Å². The molecule has 1 aromatic carbocycles. The van der Waals surface area contributed by atoms with E-state index in [9.17, 15) is 4.79 Å². The third-order valence-electron chi connectivity index (χ3n) is 2.77. The highest BCUT2D eigenvalue weighted by molar-refractivity contribution is 7.81. The first kappa shape index (κ1) is 14.7. The molecule has 4 nitrogen and oxygen atoms in total. The molecule has 0 saturated carbocycles. The topological polar surface area (TPSA) is 38.8 Å². The van der Waals surface area contributed by atoms with Crippen LogP contribution in [-0.2, 0) is 11.3 Å². The van der Waals surface area contributed by atoms with Gasteiger partial charge >= 0.3 is 0 Å². The van der Waals surface area contributed by atoms with Crippen LogP contribution in [0.2, 0.25) is 0 Å². The van der Waals surface area contributed by atoms with E-state index in [1.807, 2.05) is 19.1 Å². The van der Waals surface area contributed by atoms with Crippen molar-refractivity contribution in [2.75, 3.05) is 27.0 Å². The van der Waals surface area contributed by atoms with Crippen molar-refractivity contribution >= 4 is 18.5 Å². The van der Waals surface area contributed by atoms with Crippen LogP contribution in [-0.4, -0.2) is 37.8 Å². The van der Waals surface area contributed by atoms with E-state index in [0.29, 0.717) is 6.54 Å². The summed E-state index contributed by atoms with van der Waals surface area (Å²) in [6, 6.07) is 3.81. The van der Waals surface area contributed by atoms with Crippen molar-refractivity contribution in [3.8, 4) is 11.5 Å². The number of hydrogen-bond acceptors (Lipinski definition) is 4. The number of thiol groups is 1. The van der Waals surface area contributed by atoms with Crippen molar-refractivity contribution in [3.05, 3.63) is 23.3 Å². The molecule has 0 atom stereocenters. The third kappa shape index (κ3) is 3.32. The summed E-state index contributed by atoms with van der Waals surface area (Å²) in [6.07, 6.45) is 0. The van der Waals surface area contributed by atoms with Gasteiger partial charge in [-0.2, -0.15) is 12.6 Å². The molecule has 1 rings (SSSR count). The summed E-state index contributed by atoms with van der Waals surface area (Å²) in [7, 11) is 4.98. The minimum absolute atomic E-state index is 0.0278. The van der Waals surface area contributed by atoms with Crippen LogP contribution in [0.4, 0.5) is 0 Å². The first-order valence-electron chi connectivity index (χ1n) is 5.59. The van der Waals surface area contributed by atoms with Gasteiger partial charge in [0.25, 0.3) is 0 Å². The maximum Gasteiger partial charge on any atom is 0.232 e. The lowest BCUT2D eigenvalue weighted by Crippen LogP contribution is -2.27. The summed E-state index contributed by atoms with van der Waals surface area (Å²) in [5.41, 5.74) is 1.92. The number of amides is 1. The molecule has 0 N–H and O–H groups in total. The lowest BCUT2D eigenvalue weighted by Gasteiger charge is -2.19. The zero-order valence-electron chi connectivity index (χ0n) is 11.2. The van der Waals surface area contributed by atoms with Gasteiger partial charge in [-0.05, 0) is 24.6 Å². The van der Waals surface area contributed by atoms with Crippen molar-refractivity contribution < 1.29 is 14.3 Å². The van der Waals surface area contributed by atoms with Crippen LogP contribution in [0.5, 0.6) is 11.5 Å². The second-order valence-corrected chi connectivity index (χ2v) is 4.36. The second kappa shape index (κ2) is 6.54. The van der Waals surface area contributed by atoms with E-state index in [4.69, 9.17) is 9.47 Å². The maximum atomic E-state index is 11.5. The number of carbonyl (C=O) groups excluding carboxylic acids is 1. The van der Waals surface area contributed by atoms with Gasteiger partial charge in [0.05, 0.1) is 20.0 Å². The first-order valence-corrected chi connectivity index (χ1v) is 6.23. The number of ether oxygens (including phenoxy) is 2. The Morgan fingerprint density at radius 3 is 2.39 bits per heavy atom. The van der Waals surface area contributed by atoms with Gasteiger partial charge in [-0.3, -0.25) is 4.79 Å². The first-order chi connectivity index (χ1) is 8.53. The van der Waals surface area contributed by atoms with Crippen molar-refractivity contribution in [1.82, 2.24) is 4.90 Å². The summed E-state index contributed by atoms with van der Waals surface area (Å²) < 4.78 is 10.6. The monoisotopic (exact) mass is 269 g/mol. The largest absolute Gasteiger partial charge is 0.496 e. The zero-order chi connectivity index (χ0) is 13.7. The summed E-state index contributed by atoms with van der Waals surface area (Å²) >= 11 is 3.98. The highest BCUT2D eigenvalue weighted by Crippen LogP contribution is 2.29. The molecule has 0 aliphatic heterocycles. The van der Waals surface area contributed by atoms with E-state index in [1.54, 1.807) is 26.2 Å². The van der Waals surface area contributed by atoms with Gasteiger partial charge in [0, 0.05) is 19.2 Å². The molecule has 0 radical (unpaired) electrons. The molecule has 0 unspecified atom stereocenters. The van der Waals surface area contributed by atoms with Crippen LogP contribution in [0.1, 0.15) is 11.1 Å². The molecule has 100 valence electrons. The molecule has 0 saturated heterocycles. The molecular weight excluding hydrogens is 250 g/mol. The molecule has 0 bridgehead atoms. The van der Waals surface area contributed by atoms with Crippen LogP contribution < -0.4 is 9.47 Å². The number of hydrogen-bond donors (Lipinski definition) is 1. The Hall–Kier alpha value is -1.36. The molecule has 0 spiro atoms. The Kier molecular flexibility index (Phi) is 5.34. The average Bonchev–Trinajstić information content (AvgIpc) is 2.38. The van der Waals surface area contributed by atoms with E-state index in [2.05, 4.69) is 12.6 Å². The molecule has 18 heavy (non-hydrogen) atoms. The summed E-state index contributed by atoms with van der Waals surface area (Å²) in [5.74, 6) is 1.71. The third-order valence-corrected chi connectivity index (χ3v) is 3.04. The second-order valence-electron chi connectivity index (χ2n) is 4.04. The van der Waals surface area contributed by atoms with Crippen LogP contribution in [0.3, 0.4) is 0 Å². The average molecular weight is 269 g/mol. The van der Waals surface area contributed by atoms with Crippen molar-refractivity contribution in [2.24, 2.45) is 0 Å². The molecule has 0 aliphatic carbocycles. The summed E-state index contributed by atoms with van der Waals surface area (Å²) in [6.45, 7) is 2.42. The van der Waals surface area contributed by atoms with Gasteiger partial charge in [-0.15, -0.1) is 0 Å². The number of benzene rings is 1. The van der Waals surface area contributed by atoms with Crippen LogP contribution in [0.15, 0.2) is 12.1 Å². The van der Waals surface area contributed by atoms with Gasteiger partial charge in [0.1, 0.15) is 11.5 Å². The molecular formula is C13H19NO3S. The number of rotatable bonds is 5. The summed E-state index contributed by atoms with van der Waals surface area (Å²) in [5, 5.41) is 0. The fourth-order valence-electron chi connectivity index (χ4n) is 1.70. The number of methoxy groups -OCH3 is 2. The lowest BCUT2D eigenvalue weighted by atomic mass is 10.1. The van der Waals surface area contributed by atoms with Crippen LogP contribution in [0, 0.1) is 6.92 Å². The van der Waals surface area contributed by atoms with Crippen LogP contribution in [0.25, 0.3) is 0 Å².